The second kappa shape index (κ2) is 5.08. The van der Waals surface area contributed by atoms with E-state index in [1.165, 1.54) is 11.3 Å². The summed E-state index contributed by atoms with van der Waals surface area (Å²) < 4.78 is 41.4. The largest absolute Gasteiger partial charge is 0.471 e. The van der Waals surface area contributed by atoms with Gasteiger partial charge in [0.2, 0.25) is 11.7 Å². The molecule has 3 rings (SSSR count). The van der Waals surface area contributed by atoms with Crippen molar-refractivity contribution in [3.8, 4) is 10.7 Å². The van der Waals surface area contributed by atoms with Gasteiger partial charge in [0.25, 0.3) is 0 Å². The number of carbonyl (C=O) groups excluding carboxylic acids is 1. The molecule has 2 heterocycles. The summed E-state index contributed by atoms with van der Waals surface area (Å²) in [6.07, 6.45) is -2.88. The Morgan fingerprint density at radius 2 is 2.18 bits per heavy atom. The van der Waals surface area contributed by atoms with Crippen molar-refractivity contribution in [2.45, 2.75) is 32.5 Å². The normalized spacial score (nSPS) is 16.5. The molecule has 118 valence electrons. The second-order valence-corrected chi connectivity index (χ2v) is 6.60. The summed E-state index contributed by atoms with van der Waals surface area (Å²) in [5.41, 5.74) is -0.255. The highest BCUT2D eigenvalue weighted by atomic mass is 32.1. The Hall–Kier alpha value is -1.90. The minimum Gasteiger partial charge on any atom is -0.351 e. The lowest BCUT2D eigenvalue weighted by Gasteiger charge is -2.08. The first kappa shape index (κ1) is 15.0. The first-order chi connectivity index (χ1) is 10.3. The lowest BCUT2D eigenvalue weighted by molar-refractivity contribution is -0.159. The number of rotatable bonds is 4. The van der Waals surface area contributed by atoms with E-state index in [1.54, 1.807) is 12.1 Å². The molecular formula is C13H12F3N3O2S. The standard InChI is InChI=1S/C13H12F3N3O2S/c1-12(4-5-12)10(20)17-6-7-2-3-8(22-7)9-18-11(21-19-9)13(14,15)16/h2-3H,4-6H2,1H3,(H,17,20). The van der Waals surface area contributed by atoms with Crippen LogP contribution in [-0.2, 0) is 17.5 Å². The van der Waals surface area contributed by atoms with Crippen LogP contribution in [0.2, 0.25) is 0 Å². The van der Waals surface area contributed by atoms with Crippen molar-refractivity contribution in [3.63, 3.8) is 0 Å². The van der Waals surface area contributed by atoms with Crippen molar-refractivity contribution in [3.05, 3.63) is 22.9 Å². The van der Waals surface area contributed by atoms with Gasteiger partial charge in [0.1, 0.15) is 0 Å². The zero-order valence-corrected chi connectivity index (χ0v) is 12.3. The topological polar surface area (TPSA) is 68.0 Å². The monoisotopic (exact) mass is 331 g/mol. The third-order valence-electron chi connectivity index (χ3n) is 3.52. The number of halogens is 3. The van der Waals surface area contributed by atoms with Crippen LogP contribution in [0.5, 0.6) is 0 Å². The number of alkyl halides is 3. The van der Waals surface area contributed by atoms with Crippen LogP contribution in [0, 0.1) is 5.41 Å². The lowest BCUT2D eigenvalue weighted by Crippen LogP contribution is -2.29. The van der Waals surface area contributed by atoms with E-state index in [0.717, 1.165) is 17.7 Å². The summed E-state index contributed by atoms with van der Waals surface area (Å²) in [5.74, 6) is -1.47. The highest BCUT2D eigenvalue weighted by molar-refractivity contribution is 7.15. The molecule has 1 amide bonds. The van der Waals surface area contributed by atoms with Crippen molar-refractivity contribution in [2.75, 3.05) is 0 Å². The van der Waals surface area contributed by atoms with E-state index >= 15 is 0 Å². The van der Waals surface area contributed by atoms with Gasteiger partial charge in [-0.15, -0.1) is 11.3 Å². The summed E-state index contributed by atoms with van der Waals surface area (Å²) in [6.45, 7) is 2.24. The molecule has 2 aromatic rings. The SMILES string of the molecule is CC1(C(=O)NCc2ccc(-c3noc(C(F)(F)F)n3)s2)CC1. The van der Waals surface area contributed by atoms with Crippen LogP contribution in [0.15, 0.2) is 16.7 Å². The van der Waals surface area contributed by atoms with Gasteiger partial charge in [-0.25, -0.2) is 0 Å². The van der Waals surface area contributed by atoms with Gasteiger partial charge < -0.3 is 9.84 Å². The number of nitrogens with zero attached hydrogens (tertiary/aromatic N) is 2. The van der Waals surface area contributed by atoms with Gasteiger partial charge >= 0.3 is 12.1 Å². The minimum absolute atomic E-state index is 0.00127. The first-order valence-corrected chi connectivity index (χ1v) is 7.38. The van der Waals surface area contributed by atoms with Crippen molar-refractivity contribution in [2.24, 2.45) is 5.41 Å². The zero-order chi connectivity index (χ0) is 16.0. The number of carbonyl (C=O) groups is 1. The fourth-order valence-corrected chi connectivity index (χ4v) is 2.70. The second-order valence-electron chi connectivity index (χ2n) is 5.43. The van der Waals surface area contributed by atoms with Gasteiger partial charge in [0, 0.05) is 10.3 Å². The summed E-state index contributed by atoms with van der Waals surface area (Å²) >= 11 is 1.22. The number of nitrogens with one attached hydrogen (secondary N) is 1. The number of hydrogen-bond acceptors (Lipinski definition) is 5. The van der Waals surface area contributed by atoms with Crippen LogP contribution in [-0.4, -0.2) is 16.0 Å². The molecule has 5 nitrogen and oxygen atoms in total. The third kappa shape index (κ3) is 2.99. The van der Waals surface area contributed by atoms with Crippen LogP contribution in [0.3, 0.4) is 0 Å². The molecule has 1 aliphatic rings. The Kier molecular flexibility index (Phi) is 3.47. The average molecular weight is 331 g/mol. The Bertz CT molecular complexity index is 703. The Labute approximate surface area is 127 Å². The van der Waals surface area contributed by atoms with E-state index < -0.39 is 12.1 Å². The Morgan fingerprint density at radius 3 is 2.77 bits per heavy atom. The zero-order valence-electron chi connectivity index (χ0n) is 11.5. The average Bonchev–Trinajstić information content (AvgIpc) is 2.92. The van der Waals surface area contributed by atoms with E-state index in [0.29, 0.717) is 11.4 Å². The van der Waals surface area contributed by atoms with E-state index in [4.69, 9.17) is 0 Å². The molecule has 0 bridgehead atoms. The lowest BCUT2D eigenvalue weighted by atomic mass is 10.1. The summed E-state index contributed by atoms with van der Waals surface area (Å²) in [6, 6.07) is 3.33. The summed E-state index contributed by atoms with van der Waals surface area (Å²) in [4.78, 5) is 16.4. The van der Waals surface area contributed by atoms with E-state index in [1.807, 2.05) is 6.92 Å². The van der Waals surface area contributed by atoms with Crippen molar-refractivity contribution in [1.82, 2.24) is 15.5 Å². The molecule has 0 atom stereocenters. The van der Waals surface area contributed by atoms with E-state index in [9.17, 15) is 18.0 Å². The Morgan fingerprint density at radius 1 is 1.45 bits per heavy atom. The van der Waals surface area contributed by atoms with E-state index in [-0.39, 0.29) is 17.1 Å². The van der Waals surface area contributed by atoms with Gasteiger partial charge in [-0.2, -0.15) is 18.2 Å². The summed E-state index contributed by atoms with van der Waals surface area (Å²) in [5, 5.41) is 6.15. The van der Waals surface area contributed by atoms with Crippen LogP contribution in [0.4, 0.5) is 13.2 Å². The third-order valence-corrected chi connectivity index (χ3v) is 4.60. The maximum atomic E-state index is 12.4. The molecule has 1 N–H and O–H groups in total. The molecule has 2 aromatic heterocycles. The highest BCUT2D eigenvalue weighted by Gasteiger charge is 2.44. The van der Waals surface area contributed by atoms with E-state index in [2.05, 4.69) is 20.0 Å². The van der Waals surface area contributed by atoms with Gasteiger partial charge in [-0.05, 0) is 25.0 Å². The Balaban J connectivity index is 1.66. The highest BCUT2D eigenvalue weighted by Crippen LogP contribution is 2.45. The molecule has 22 heavy (non-hydrogen) atoms. The van der Waals surface area contributed by atoms with Crippen molar-refractivity contribution < 1.29 is 22.5 Å². The molecular weight excluding hydrogens is 319 g/mol. The molecule has 1 aliphatic carbocycles. The molecule has 0 spiro atoms. The molecule has 0 saturated heterocycles. The van der Waals surface area contributed by atoms with Crippen LogP contribution >= 0.6 is 11.3 Å². The summed E-state index contributed by atoms with van der Waals surface area (Å²) in [7, 11) is 0. The molecule has 1 fully saturated rings. The molecule has 9 heteroatoms. The predicted octanol–water partition coefficient (Wildman–Crippen LogP) is 3.23. The van der Waals surface area contributed by atoms with Gasteiger partial charge in [-0.1, -0.05) is 12.1 Å². The van der Waals surface area contributed by atoms with Crippen LogP contribution in [0.1, 0.15) is 30.5 Å². The molecule has 0 unspecified atom stereocenters. The smallest absolute Gasteiger partial charge is 0.351 e. The molecule has 0 radical (unpaired) electrons. The van der Waals surface area contributed by atoms with Crippen molar-refractivity contribution in [1.29, 1.82) is 0 Å². The molecule has 0 aliphatic heterocycles. The fraction of sp³-hybridized carbons (Fsp3) is 0.462. The minimum atomic E-state index is -4.65. The number of aromatic nitrogens is 2. The van der Waals surface area contributed by atoms with Gasteiger partial charge in [0.15, 0.2) is 0 Å². The van der Waals surface area contributed by atoms with Gasteiger partial charge in [-0.3, -0.25) is 4.79 Å². The van der Waals surface area contributed by atoms with Gasteiger partial charge in [0.05, 0.1) is 11.4 Å². The maximum absolute atomic E-state index is 12.4. The van der Waals surface area contributed by atoms with Crippen molar-refractivity contribution >= 4 is 17.2 Å². The first-order valence-electron chi connectivity index (χ1n) is 6.56. The molecule has 1 saturated carbocycles. The number of thiophene rings is 1. The quantitative estimate of drug-likeness (QED) is 0.934. The number of amides is 1. The maximum Gasteiger partial charge on any atom is 0.471 e. The van der Waals surface area contributed by atoms with Crippen LogP contribution in [0.25, 0.3) is 10.7 Å². The predicted molar refractivity (Wildman–Crippen MR) is 71.8 cm³/mol. The number of hydrogen-bond donors (Lipinski definition) is 1. The van der Waals surface area contributed by atoms with Crippen LogP contribution < -0.4 is 5.32 Å². The molecule has 0 aromatic carbocycles. The fourth-order valence-electron chi connectivity index (χ4n) is 1.83.